The Kier molecular flexibility index (Phi) is 4.71. The molecule has 1 aromatic heterocycles. The average molecular weight is 330 g/mol. The fourth-order valence-corrected chi connectivity index (χ4v) is 2.73. The zero-order valence-corrected chi connectivity index (χ0v) is 12.8. The van der Waals surface area contributed by atoms with Gasteiger partial charge in [-0.25, -0.2) is 0 Å². The van der Waals surface area contributed by atoms with Crippen LogP contribution in [0.15, 0.2) is 79.0 Å². The monoisotopic (exact) mass is 330 g/mol. The van der Waals surface area contributed by atoms with Gasteiger partial charge in [0.25, 0.3) is 0 Å². The minimum Gasteiger partial charge on any atom is -0.363 e. The molecule has 0 aliphatic carbocycles. The van der Waals surface area contributed by atoms with Crippen molar-refractivity contribution < 1.29 is 13.2 Å². The molecule has 1 heterocycles. The van der Waals surface area contributed by atoms with Crippen molar-refractivity contribution >= 4 is 0 Å². The van der Waals surface area contributed by atoms with Gasteiger partial charge in [-0.05, 0) is 23.3 Å². The summed E-state index contributed by atoms with van der Waals surface area (Å²) in [4.78, 5) is 2.67. The van der Waals surface area contributed by atoms with Crippen LogP contribution in [0.5, 0.6) is 0 Å². The third kappa shape index (κ3) is 3.68. The lowest BCUT2D eigenvalue weighted by Gasteiger charge is -2.28. The quantitative estimate of drug-likeness (QED) is 0.677. The van der Waals surface area contributed by atoms with Crippen LogP contribution in [-0.2, 0) is 0 Å². The normalized spacial score (nSPS) is 13.2. The fourth-order valence-electron chi connectivity index (χ4n) is 2.73. The van der Waals surface area contributed by atoms with Crippen LogP contribution in [0, 0.1) is 0 Å². The molecular weight excluding hydrogens is 313 g/mol. The maximum absolute atomic E-state index is 13.6. The summed E-state index contributed by atoms with van der Waals surface area (Å²) >= 11 is 0. The van der Waals surface area contributed by atoms with Crippen LogP contribution in [0.3, 0.4) is 0 Å². The van der Waals surface area contributed by atoms with E-state index in [2.05, 4.69) is 10.3 Å². The summed E-state index contributed by atoms with van der Waals surface area (Å²) in [7, 11) is 0. The highest BCUT2D eigenvalue weighted by atomic mass is 19.4. The van der Waals surface area contributed by atoms with Crippen LogP contribution in [0.4, 0.5) is 13.2 Å². The Morgan fingerprint density at radius 3 is 1.71 bits per heavy atom. The van der Waals surface area contributed by atoms with Crippen LogP contribution in [0.2, 0.25) is 0 Å². The number of halogens is 3. The third-order valence-corrected chi connectivity index (χ3v) is 3.86. The predicted octanol–water partition coefficient (Wildman–Crippen LogP) is 5.00. The molecule has 1 unspecified atom stereocenters. The van der Waals surface area contributed by atoms with E-state index < -0.39 is 18.3 Å². The van der Waals surface area contributed by atoms with Gasteiger partial charge in [-0.2, -0.15) is 13.2 Å². The molecule has 3 aromatic rings. The number of nitrogens with one attached hydrogen (secondary N) is 2. The second-order valence-corrected chi connectivity index (χ2v) is 5.52. The number of hydrogen-bond acceptors (Lipinski definition) is 1. The van der Waals surface area contributed by atoms with E-state index in [0.29, 0.717) is 0 Å². The fraction of sp³-hybridized carbons (Fsp3) is 0.158. The van der Waals surface area contributed by atoms with E-state index in [9.17, 15) is 13.2 Å². The van der Waals surface area contributed by atoms with Crippen molar-refractivity contribution in [1.29, 1.82) is 0 Å². The van der Waals surface area contributed by atoms with Crippen LogP contribution in [-0.4, -0.2) is 11.2 Å². The van der Waals surface area contributed by atoms with Crippen LogP contribution in [0.1, 0.15) is 28.9 Å². The third-order valence-electron chi connectivity index (χ3n) is 3.86. The Morgan fingerprint density at radius 1 is 0.750 bits per heavy atom. The van der Waals surface area contributed by atoms with Crippen molar-refractivity contribution in [3.05, 3.63) is 95.8 Å². The maximum atomic E-state index is 13.6. The van der Waals surface area contributed by atoms with Gasteiger partial charge >= 0.3 is 6.18 Å². The first-order chi connectivity index (χ1) is 11.6. The van der Waals surface area contributed by atoms with Gasteiger partial charge in [0.2, 0.25) is 0 Å². The van der Waals surface area contributed by atoms with E-state index >= 15 is 0 Å². The molecule has 3 rings (SSSR count). The Bertz CT molecular complexity index is 698. The topological polar surface area (TPSA) is 27.8 Å². The largest absolute Gasteiger partial charge is 0.409 e. The van der Waals surface area contributed by atoms with E-state index in [0.717, 1.165) is 11.1 Å². The molecule has 1 atom stereocenters. The minimum absolute atomic E-state index is 0.0966. The van der Waals surface area contributed by atoms with Crippen LogP contribution in [0.25, 0.3) is 0 Å². The molecule has 0 spiro atoms. The lowest BCUT2D eigenvalue weighted by Crippen LogP contribution is -2.37. The van der Waals surface area contributed by atoms with Crippen molar-refractivity contribution in [3.8, 4) is 0 Å². The van der Waals surface area contributed by atoms with Crippen molar-refractivity contribution in [2.24, 2.45) is 0 Å². The molecule has 0 amide bonds. The SMILES string of the molecule is FC(F)(F)C(NC(c1ccccc1)c1ccccc1)c1ccc[nH]1. The molecule has 124 valence electrons. The lowest BCUT2D eigenvalue weighted by molar-refractivity contribution is -0.160. The summed E-state index contributed by atoms with van der Waals surface area (Å²) in [5, 5.41) is 2.77. The summed E-state index contributed by atoms with van der Waals surface area (Å²) in [5.41, 5.74) is 1.66. The predicted molar refractivity (Wildman–Crippen MR) is 87.5 cm³/mol. The Balaban J connectivity index is 1.99. The van der Waals surface area contributed by atoms with E-state index in [1.165, 1.54) is 12.3 Å². The number of alkyl halides is 3. The van der Waals surface area contributed by atoms with E-state index in [-0.39, 0.29) is 5.69 Å². The van der Waals surface area contributed by atoms with Gasteiger partial charge in [-0.15, -0.1) is 0 Å². The number of benzene rings is 2. The minimum atomic E-state index is -4.41. The highest BCUT2D eigenvalue weighted by molar-refractivity contribution is 5.32. The van der Waals surface area contributed by atoms with Crippen LogP contribution >= 0.6 is 0 Å². The molecule has 0 aliphatic rings. The average Bonchev–Trinajstić information content (AvgIpc) is 3.10. The molecule has 0 bridgehead atoms. The molecule has 2 aromatic carbocycles. The first-order valence-corrected chi connectivity index (χ1v) is 7.61. The summed E-state index contributed by atoms with van der Waals surface area (Å²) in [6.45, 7) is 0. The smallest absolute Gasteiger partial charge is 0.363 e. The molecule has 2 nitrogen and oxygen atoms in total. The van der Waals surface area contributed by atoms with Crippen molar-refractivity contribution in [2.75, 3.05) is 0 Å². The van der Waals surface area contributed by atoms with Gasteiger partial charge < -0.3 is 4.98 Å². The van der Waals surface area contributed by atoms with E-state index in [1.54, 1.807) is 6.07 Å². The summed E-state index contributed by atoms with van der Waals surface area (Å²) in [6.07, 6.45) is -2.91. The molecular formula is C19H17F3N2. The van der Waals surface area contributed by atoms with Gasteiger partial charge in [-0.3, -0.25) is 5.32 Å². The van der Waals surface area contributed by atoms with Gasteiger partial charge in [0.1, 0.15) is 6.04 Å². The zero-order chi connectivity index (χ0) is 17.0. The standard InChI is InChI=1S/C19H17F3N2/c20-19(21,22)18(16-12-7-13-23-16)24-17(14-8-3-1-4-9-14)15-10-5-2-6-11-15/h1-13,17-18,23-24H. The number of H-pyrrole nitrogens is 1. The highest BCUT2D eigenvalue weighted by Gasteiger charge is 2.42. The molecule has 0 radical (unpaired) electrons. The second-order valence-electron chi connectivity index (χ2n) is 5.52. The molecule has 0 saturated carbocycles. The van der Waals surface area contributed by atoms with Crippen LogP contribution < -0.4 is 5.32 Å². The molecule has 0 fully saturated rings. The van der Waals surface area contributed by atoms with Crippen molar-refractivity contribution in [3.63, 3.8) is 0 Å². The molecule has 5 heteroatoms. The number of rotatable bonds is 5. The summed E-state index contributed by atoms with van der Waals surface area (Å²) < 4.78 is 40.8. The number of aromatic nitrogens is 1. The maximum Gasteiger partial charge on any atom is 0.409 e. The van der Waals surface area contributed by atoms with Gasteiger partial charge in [0, 0.05) is 11.9 Å². The lowest BCUT2D eigenvalue weighted by atomic mass is 9.97. The van der Waals surface area contributed by atoms with E-state index in [4.69, 9.17) is 0 Å². The second kappa shape index (κ2) is 6.93. The number of aromatic amines is 1. The molecule has 0 aliphatic heterocycles. The van der Waals surface area contributed by atoms with E-state index in [1.807, 2.05) is 60.7 Å². The molecule has 24 heavy (non-hydrogen) atoms. The van der Waals surface area contributed by atoms with Gasteiger partial charge in [0.15, 0.2) is 0 Å². The van der Waals surface area contributed by atoms with Crippen molar-refractivity contribution in [2.45, 2.75) is 18.3 Å². The highest BCUT2D eigenvalue weighted by Crippen LogP contribution is 2.35. The Morgan fingerprint density at radius 2 is 1.29 bits per heavy atom. The van der Waals surface area contributed by atoms with Crippen molar-refractivity contribution in [1.82, 2.24) is 10.3 Å². The molecule has 2 N–H and O–H groups in total. The Labute approximate surface area is 138 Å². The molecule has 0 saturated heterocycles. The first-order valence-electron chi connectivity index (χ1n) is 7.61. The summed E-state index contributed by atoms with van der Waals surface area (Å²) in [6, 6.07) is 19.0. The zero-order valence-electron chi connectivity index (χ0n) is 12.8. The Hall–Kier alpha value is -2.53. The summed E-state index contributed by atoms with van der Waals surface area (Å²) in [5.74, 6) is 0. The first kappa shape index (κ1) is 16.3. The van der Waals surface area contributed by atoms with Gasteiger partial charge in [0.05, 0.1) is 6.04 Å². The van der Waals surface area contributed by atoms with Gasteiger partial charge in [-0.1, -0.05) is 60.7 Å². The number of hydrogen-bond donors (Lipinski definition) is 2.